The summed E-state index contributed by atoms with van der Waals surface area (Å²) >= 11 is 0. The Kier molecular flexibility index (Phi) is 4.80. The van der Waals surface area contributed by atoms with Gasteiger partial charge >= 0.3 is 5.97 Å². The molecule has 5 nitrogen and oxygen atoms in total. The highest BCUT2D eigenvalue weighted by molar-refractivity contribution is 5.66. The molecule has 1 heterocycles. The summed E-state index contributed by atoms with van der Waals surface area (Å²) < 4.78 is 4.99. The molecule has 0 saturated carbocycles. The third kappa shape index (κ3) is 4.58. The molecule has 0 fully saturated rings. The first kappa shape index (κ1) is 11.7. The van der Waals surface area contributed by atoms with E-state index >= 15 is 0 Å². The van der Waals surface area contributed by atoms with Crippen LogP contribution in [0.25, 0.3) is 0 Å². The second-order valence-electron chi connectivity index (χ2n) is 3.46. The molecule has 1 rings (SSSR count). The molecule has 5 heteroatoms. The van der Waals surface area contributed by atoms with Gasteiger partial charge in [-0.15, -0.1) is 0 Å². The van der Waals surface area contributed by atoms with Gasteiger partial charge in [-0.25, -0.2) is 0 Å². The molecule has 0 saturated heterocycles. The highest BCUT2D eigenvalue weighted by Gasteiger charge is 2.07. The molecule has 84 valence electrons. The number of hydrogen-bond acceptors (Lipinski definition) is 4. The maximum absolute atomic E-state index is 10.3. The highest BCUT2D eigenvalue weighted by Crippen LogP contribution is 2.05. The Hall–Kier alpha value is -1.39. The van der Waals surface area contributed by atoms with E-state index in [-0.39, 0.29) is 6.42 Å². The van der Waals surface area contributed by atoms with Crippen molar-refractivity contribution in [3.63, 3.8) is 0 Å². The molecule has 0 bridgehead atoms. The van der Waals surface area contributed by atoms with Crippen molar-refractivity contribution in [3.05, 3.63) is 11.7 Å². The maximum atomic E-state index is 10.3. The molecule has 0 spiro atoms. The number of nitrogens with zero attached hydrogens (tertiary/aromatic N) is 2. The second-order valence-corrected chi connectivity index (χ2v) is 3.46. The number of unbranched alkanes of at least 4 members (excludes halogenated alkanes) is 2. The minimum Gasteiger partial charge on any atom is -0.481 e. The van der Waals surface area contributed by atoms with Crippen LogP contribution in [-0.4, -0.2) is 21.2 Å². The highest BCUT2D eigenvalue weighted by atomic mass is 16.5. The number of aryl methyl sites for hydroxylation is 2. The first-order chi connectivity index (χ1) is 7.22. The molecule has 0 amide bonds. The van der Waals surface area contributed by atoms with Gasteiger partial charge in [0.1, 0.15) is 0 Å². The van der Waals surface area contributed by atoms with Crippen molar-refractivity contribution in [2.75, 3.05) is 0 Å². The number of carbonyl (C=O) groups is 1. The number of hydrogen-bond donors (Lipinski definition) is 1. The van der Waals surface area contributed by atoms with E-state index in [2.05, 4.69) is 17.1 Å². The number of carboxylic acid groups (broad SMARTS) is 1. The Morgan fingerprint density at radius 2 is 2.20 bits per heavy atom. The lowest BCUT2D eigenvalue weighted by Gasteiger charge is -1.91. The van der Waals surface area contributed by atoms with Crippen molar-refractivity contribution in [3.8, 4) is 0 Å². The fourth-order valence-electron chi connectivity index (χ4n) is 1.24. The van der Waals surface area contributed by atoms with Gasteiger partial charge in [0.15, 0.2) is 5.82 Å². The van der Waals surface area contributed by atoms with Gasteiger partial charge in [-0.05, 0) is 6.42 Å². The molecule has 0 radical (unpaired) electrons. The maximum Gasteiger partial charge on any atom is 0.303 e. The minimum atomic E-state index is -0.840. The van der Waals surface area contributed by atoms with Gasteiger partial charge in [0, 0.05) is 12.8 Å². The molecule has 1 N–H and O–H groups in total. The van der Waals surface area contributed by atoms with Gasteiger partial charge in [-0.2, -0.15) is 4.98 Å². The van der Waals surface area contributed by atoms with Gasteiger partial charge in [0.2, 0.25) is 5.89 Å². The standard InChI is InChI=1S/C10H16N2O3/c1-2-3-4-5-9-11-8(12-15-9)6-7-10(13)14/h2-7H2,1H3,(H,13,14). The Bertz CT molecular complexity index is 309. The Morgan fingerprint density at radius 1 is 1.40 bits per heavy atom. The van der Waals surface area contributed by atoms with Crippen molar-refractivity contribution in [1.29, 1.82) is 0 Å². The lowest BCUT2D eigenvalue weighted by Crippen LogP contribution is -1.98. The fourth-order valence-corrected chi connectivity index (χ4v) is 1.24. The molecule has 1 aromatic rings. The zero-order valence-corrected chi connectivity index (χ0v) is 8.90. The Balaban J connectivity index is 2.32. The normalized spacial score (nSPS) is 10.5. The SMILES string of the molecule is CCCCCc1nc(CCC(=O)O)no1. The average Bonchev–Trinajstić information content (AvgIpc) is 2.63. The van der Waals surface area contributed by atoms with Gasteiger partial charge in [0.05, 0.1) is 6.42 Å². The van der Waals surface area contributed by atoms with E-state index in [1.807, 2.05) is 0 Å². The minimum absolute atomic E-state index is 0.0495. The van der Waals surface area contributed by atoms with E-state index in [1.54, 1.807) is 0 Å². The number of aliphatic carboxylic acids is 1. The van der Waals surface area contributed by atoms with Crippen LogP contribution in [0.4, 0.5) is 0 Å². The Morgan fingerprint density at radius 3 is 2.87 bits per heavy atom. The molecule has 0 aliphatic heterocycles. The van der Waals surface area contributed by atoms with Gasteiger partial charge < -0.3 is 9.63 Å². The van der Waals surface area contributed by atoms with Gasteiger partial charge in [-0.1, -0.05) is 24.9 Å². The number of rotatable bonds is 7. The summed E-state index contributed by atoms with van der Waals surface area (Å²) in [5, 5.41) is 12.2. The first-order valence-electron chi connectivity index (χ1n) is 5.25. The predicted octanol–water partition coefficient (Wildman–Crippen LogP) is 1.82. The molecular formula is C10H16N2O3. The molecular weight excluding hydrogens is 196 g/mol. The van der Waals surface area contributed by atoms with E-state index in [4.69, 9.17) is 9.63 Å². The van der Waals surface area contributed by atoms with Crippen LogP contribution in [0.2, 0.25) is 0 Å². The van der Waals surface area contributed by atoms with Crippen LogP contribution >= 0.6 is 0 Å². The van der Waals surface area contributed by atoms with Gasteiger partial charge in [0.25, 0.3) is 0 Å². The molecule has 0 atom stereocenters. The van der Waals surface area contributed by atoms with Crippen molar-refractivity contribution >= 4 is 5.97 Å². The monoisotopic (exact) mass is 212 g/mol. The summed E-state index contributed by atoms with van der Waals surface area (Å²) in [5.74, 6) is 0.264. The van der Waals surface area contributed by atoms with E-state index in [0.29, 0.717) is 18.1 Å². The van der Waals surface area contributed by atoms with Crippen molar-refractivity contribution in [2.24, 2.45) is 0 Å². The summed E-state index contributed by atoms with van der Waals surface area (Å²) in [4.78, 5) is 14.4. The predicted molar refractivity (Wildman–Crippen MR) is 53.5 cm³/mol. The molecule has 1 aromatic heterocycles. The molecule has 15 heavy (non-hydrogen) atoms. The third-order valence-electron chi connectivity index (χ3n) is 2.07. The van der Waals surface area contributed by atoms with E-state index in [0.717, 1.165) is 25.7 Å². The lowest BCUT2D eigenvalue weighted by atomic mass is 10.2. The quantitative estimate of drug-likeness (QED) is 0.697. The second kappa shape index (κ2) is 6.16. The largest absolute Gasteiger partial charge is 0.481 e. The fraction of sp³-hybridized carbons (Fsp3) is 0.700. The van der Waals surface area contributed by atoms with Crippen molar-refractivity contribution in [1.82, 2.24) is 10.1 Å². The van der Waals surface area contributed by atoms with Crippen LogP contribution in [0.15, 0.2) is 4.52 Å². The molecule has 0 aliphatic carbocycles. The van der Waals surface area contributed by atoms with Crippen LogP contribution in [0.3, 0.4) is 0 Å². The Labute approximate surface area is 88.5 Å². The zero-order valence-electron chi connectivity index (χ0n) is 8.90. The van der Waals surface area contributed by atoms with Crippen molar-refractivity contribution in [2.45, 2.75) is 45.4 Å². The van der Waals surface area contributed by atoms with Crippen LogP contribution in [-0.2, 0) is 17.6 Å². The number of aromatic nitrogens is 2. The van der Waals surface area contributed by atoms with Crippen LogP contribution in [0, 0.1) is 0 Å². The summed E-state index contributed by atoms with van der Waals surface area (Å²) in [6.07, 6.45) is 4.51. The summed E-state index contributed by atoms with van der Waals surface area (Å²) in [6.45, 7) is 2.13. The number of carboxylic acids is 1. The molecule has 0 unspecified atom stereocenters. The molecule has 0 aromatic carbocycles. The van der Waals surface area contributed by atoms with E-state index in [1.165, 1.54) is 0 Å². The van der Waals surface area contributed by atoms with Gasteiger partial charge in [-0.3, -0.25) is 4.79 Å². The summed E-state index contributed by atoms with van der Waals surface area (Å²) in [5.41, 5.74) is 0. The van der Waals surface area contributed by atoms with Crippen LogP contribution in [0.5, 0.6) is 0 Å². The van der Waals surface area contributed by atoms with E-state index < -0.39 is 5.97 Å². The lowest BCUT2D eigenvalue weighted by molar-refractivity contribution is -0.137. The van der Waals surface area contributed by atoms with Crippen molar-refractivity contribution < 1.29 is 14.4 Å². The smallest absolute Gasteiger partial charge is 0.303 e. The average molecular weight is 212 g/mol. The summed E-state index contributed by atoms with van der Waals surface area (Å²) in [6, 6.07) is 0. The topological polar surface area (TPSA) is 76.2 Å². The summed E-state index contributed by atoms with van der Waals surface area (Å²) in [7, 11) is 0. The van der Waals surface area contributed by atoms with Crippen LogP contribution in [0.1, 0.15) is 44.3 Å². The molecule has 0 aliphatic rings. The first-order valence-corrected chi connectivity index (χ1v) is 5.25. The van der Waals surface area contributed by atoms with E-state index in [9.17, 15) is 4.79 Å². The van der Waals surface area contributed by atoms with Crippen LogP contribution < -0.4 is 0 Å². The third-order valence-corrected chi connectivity index (χ3v) is 2.07. The zero-order chi connectivity index (χ0) is 11.1.